The summed E-state index contributed by atoms with van der Waals surface area (Å²) in [4.78, 5) is 21.6. The topological polar surface area (TPSA) is 77.8 Å². The van der Waals surface area contributed by atoms with Crippen LogP contribution in [0.25, 0.3) is 0 Å². The third-order valence-electron chi connectivity index (χ3n) is 4.00. The Morgan fingerprint density at radius 3 is 1.45 bits per heavy atom. The van der Waals surface area contributed by atoms with Crippen LogP contribution in [0.3, 0.4) is 0 Å². The van der Waals surface area contributed by atoms with Gasteiger partial charge in [0.2, 0.25) is 0 Å². The van der Waals surface area contributed by atoms with Crippen molar-refractivity contribution in [3.63, 3.8) is 0 Å². The number of hydrogen-bond acceptors (Lipinski definition) is 1. The summed E-state index contributed by atoms with van der Waals surface area (Å²) in [7, 11) is -4.64. The predicted octanol–water partition coefficient (Wildman–Crippen LogP) is 3.29. The molecule has 0 aliphatic heterocycles. The van der Waals surface area contributed by atoms with Gasteiger partial charge in [0.25, 0.3) is 0 Å². The third-order valence-corrected chi connectivity index (χ3v) is 4.00. The molecule has 0 aromatic heterocycles. The summed E-state index contributed by atoms with van der Waals surface area (Å²) < 4.78 is 10.2. The Morgan fingerprint density at radius 2 is 1.10 bits per heavy atom. The Balaban J connectivity index is 0. The molecular weight excluding hydrogens is 277 g/mol. The maximum absolute atomic E-state index is 8.88. The average Bonchev–Trinajstić information content (AvgIpc) is 2.37. The van der Waals surface area contributed by atoms with Crippen LogP contribution in [-0.4, -0.2) is 45.3 Å². The van der Waals surface area contributed by atoms with E-state index in [4.69, 9.17) is 19.2 Å². The van der Waals surface area contributed by atoms with E-state index in [1.54, 1.807) is 0 Å². The zero-order valence-corrected chi connectivity index (χ0v) is 14.6. The maximum atomic E-state index is 8.88. The van der Waals surface area contributed by atoms with Crippen LogP contribution in [0.1, 0.15) is 66.2 Å². The van der Waals surface area contributed by atoms with Crippen molar-refractivity contribution in [1.29, 1.82) is 0 Å². The lowest BCUT2D eigenvalue weighted by Gasteiger charge is -2.35. The first-order valence-corrected chi connectivity index (χ1v) is 9.44. The molecule has 0 amide bonds. The predicted molar refractivity (Wildman–Crippen MR) is 84.4 cm³/mol. The highest BCUT2D eigenvalue weighted by molar-refractivity contribution is 7.45. The second-order valence-corrected chi connectivity index (χ2v) is 6.32. The van der Waals surface area contributed by atoms with Crippen molar-refractivity contribution in [2.24, 2.45) is 0 Å². The second kappa shape index (κ2) is 12.8. The molecule has 0 bridgehead atoms. The van der Waals surface area contributed by atoms with Crippen LogP contribution in [0.2, 0.25) is 0 Å². The summed E-state index contributed by atoms with van der Waals surface area (Å²) in [5.74, 6) is 0. The van der Waals surface area contributed by atoms with Crippen molar-refractivity contribution in [1.82, 2.24) is 0 Å². The molecule has 0 saturated carbocycles. The molecule has 3 N–H and O–H groups in total. The van der Waals surface area contributed by atoms with E-state index in [1.165, 1.54) is 69.2 Å². The zero-order valence-electron chi connectivity index (χ0n) is 13.7. The van der Waals surface area contributed by atoms with Gasteiger partial charge in [-0.3, -0.25) is 0 Å². The molecular formula is C14H35NO4P+. The molecule has 6 heteroatoms. The molecule has 0 saturated heterocycles. The maximum Gasteiger partial charge on any atom is 0.466 e. The van der Waals surface area contributed by atoms with Crippen LogP contribution >= 0.6 is 7.82 Å². The molecule has 0 spiro atoms. The molecule has 0 rings (SSSR count). The van der Waals surface area contributed by atoms with E-state index >= 15 is 0 Å². The van der Waals surface area contributed by atoms with Crippen molar-refractivity contribution in [2.45, 2.75) is 66.2 Å². The normalized spacial score (nSPS) is 11.9. The second-order valence-electron chi connectivity index (χ2n) is 5.29. The first-order valence-electron chi connectivity index (χ1n) is 7.88. The quantitative estimate of drug-likeness (QED) is 0.328. The van der Waals surface area contributed by atoms with Gasteiger partial charge < -0.3 is 19.2 Å². The first-order chi connectivity index (χ1) is 9.24. The molecule has 0 aliphatic carbocycles. The monoisotopic (exact) mass is 312 g/mol. The highest BCUT2D eigenvalue weighted by Gasteiger charge is 2.19. The Morgan fingerprint density at radius 1 is 0.750 bits per heavy atom. The van der Waals surface area contributed by atoms with Gasteiger partial charge in [0.1, 0.15) is 0 Å². The van der Waals surface area contributed by atoms with Crippen LogP contribution in [0, 0.1) is 0 Å². The van der Waals surface area contributed by atoms with E-state index in [9.17, 15) is 0 Å². The summed E-state index contributed by atoms with van der Waals surface area (Å²) >= 11 is 0. The van der Waals surface area contributed by atoms with Crippen molar-refractivity contribution in [3.8, 4) is 0 Å². The standard InChI is InChI=1S/C14H32N.H3O4P/c1-5-9-10-11-12-13-14-15(6-2,7-3)8-4;1-5(2,3)4/h5-14H2,1-4H3;(H3,1,2,3,4)/q+1;. The fraction of sp³-hybridized carbons (Fsp3) is 1.00. The van der Waals surface area contributed by atoms with Gasteiger partial charge in [-0.2, -0.15) is 0 Å². The molecule has 0 heterocycles. The van der Waals surface area contributed by atoms with Crippen LogP contribution in [0.5, 0.6) is 0 Å². The Bertz CT molecular complexity index is 235. The minimum atomic E-state index is -4.64. The molecule has 0 aliphatic rings. The molecule has 0 fully saturated rings. The van der Waals surface area contributed by atoms with E-state index in [1.807, 2.05) is 0 Å². The largest absolute Gasteiger partial charge is 0.466 e. The lowest BCUT2D eigenvalue weighted by Crippen LogP contribution is -2.48. The van der Waals surface area contributed by atoms with Gasteiger partial charge in [0.15, 0.2) is 0 Å². The molecule has 124 valence electrons. The fourth-order valence-electron chi connectivity index (χ4n) is 2.37. The van der Waals surface area contributed by atoms with E-state index in [-0.39, 0.29) is 0 Å². The Kier molecular flexibility index (Phi) is 14.3. The van der Waals surface area contributed by atoms with E-state index < -0.39 is 7.82 Å². The summed E-state index contributed by atoms with van der Waals surface area (Å²) in [5, 5.41) is 0. The van der Waals surface area contributed by atoms with Crippen molar-refractivity contribution in [3.05, 3.63) is 0 Å². The molecule has 20 heavy (non-hydrogen) atoms. The number of nitrogens with zero attached hydrogens (tertiary/aromatic N) is 1. The number of rotatable bonds is 10. The van der Waals surface area contributed by atoms with E-state index in [2.05, 4.69) is 27.7 Å². The molecule has 0 aromatic carbocycles. The van der Waals surface area contributed by atoms with Gasteiger partial charge in [-0.15, -0.1) is 0 Å². The SMILES string of the molecule is CCCCCCCC[N+](CC)(CC)CC.O=P(O)(O)O. The van der Waals surface area contributed by atoms with E-state index in [0.29, 0.717) is 0 Å². The average molecular weight is 312 g/mol. The van der Waals surface area contributed by atoms with Crippen LogP contribution in [-0.2, 0) is 4.57 Å². The highest BCUT2D eigenvalue weighted by atomic mass is 31.2. The lowest BCUT2D eigenvalue weighted by atomic mass is 10.1. The Hall–Kier alpha value is 0.0700. The number of quaternary nitrogens is 1. The lowest BCUT2D eigenvalue weighted by molar-refractivity contribution is -0.923. The van der Waals surface area contributed by atoms with E-state index in [0.717, 1.165) is 0 Å². The van der Waals surface area contributed by atoms with Crippen LogP contribution in [0.4, 0.5) is 0 Å². The van der Waals surface area contributed by atoms with Gasteiger partial charge in [-0.25, -0.2) is 4.57 Å². The minimum absolute atomic E-state index is 1.31. The van der Waals surface area contributed by atoms with Gasteiger partial charge in [-0.1, -0.05) is 32.6 Å². The van der Waals surface area contributed by atoms with Crippen LogP contribution < -0.4 is 0 Å². The zero-order chi connectivity index (χ0) is 16.1. The van der Waals surface area contributed by atoms with Gasteiger partial charge in [0, 0.05) is 0 Å². The summed E-state index contributed by atoms with van der Waals surface area (Å²) in [6.07, 6.45) is 8.55. The van der Waals surface area contributed by atoms with Crippen molar-refractivity contribution in [2.75, 3.05) is 26.2 Å². The fourth-order valence-corrected chi connectivity index (χ4v) is 2.37. The third kappa shape index (κ3) is 16.1. The first kappa shape index (κ1) is 22.4. The molecule has 0 atom stereocenters. The molecule has 5 nitrogen and oxygen atoms in total. The highest BCUT2D eigenvalue weighted by Crippen LogP contribution is 2.25. The smallest absolute Gasteiger partial charge is 0.324 e. The summed E-state index contributed by atoms with van der Waals surface area (Å²) in [5.41, 5.74) is 0. The summed E-state index contributed by atoms with van der Waals surface area (Å²) in [6.45, 7) is 14.6. The van der Waals surface area contributed by atoms with Gasteiger partial charge in [0.05, 0.1) is 26.2 Å². The number of unbranched alkanes of at least 4 members (excludes halogenated alkanes) is 5. The van der Waals surface area contributed by atoms with Crippen molar-refractivity contribution < 1.29 is 23.7 Å². The van der Waals surface area contributed by atoms with Crippen molar-refractivity contribution >= 4 is 7.82 Å². The number of hydrogen-bond donors (Lipinski definition) is 3. The minimum Gasteiger partial charge on any atom is -0.324 e. The number of phosphoric acid groups is 1. The molecule has 0 aromatic rings. The van der Waals surface area contributed by atoms with Gasteiger partial charge >= 0.3 is 7.82 Å². The summed E-state index contributed by atoms with van der Waals surface area (Å²) in [6, 6.07) is 0. The Labute approximate surface area is 124 Å². The van der Waals surface area contributed by atoms with Crippen LogP contribution in [0.15, 0.2) is 0 Å². The van der Waals surface area contributed by atoms with Gasteiger partial charge in [-0.05, 0) is 33.6 Å². The molecule has 0 radical (unpaired) electrons. The molecule has 0 unspecified atom stereocenters.